The maximum absolute atomic E-state index is 5.44. The Morgan fingerprint density at radius 2 is 1.94 bits per heavy atom. The number of fused-ring (bicyclic) bond motifs is 1. The fourth-order valence-corrected chi connectivity index (χ4v) is 2.35. The molecular weight excluding hydrogens is 202 g/mol. The maximum atomic E-state index is 5.44. The van der Waals surface area contributed by atoms with Gasteiger partial charge in [0.1, 0.15) is 12.2 Å². The van der Waals surface area contributed by atoms with Gasteiger partial charge in [-0.3, -0.25) is 4.99 Å². The number of hydrogen-bond donors (Lipinski definition) is 0. The third-order valence-electron chi connectivity index (χ3n) is 3.24. The molecule has 0 aromatic carbocycles. The molecule has 0 aromatic rings. The van der Waals surface area contributed by atoms with E-state index in [1.165, 1.54) is 16.9 Å². The van der Waals surface area contributed by atoms with Gasteiger partial charge in [-0.2, -0.15) is 0 Å². The summed E-state index contributed by atoms with van der Waals surface area (Å²) < 4.78 is 10.9. The van der Waals surface area contributed by atoms with Crippen LogP contribution < -0.4 is 0 Å². The van der Waals surface area contributed by atoms with Gasteiger partial charge in [-0.15, -0.1) is 0 Å². The highest BCUT2D eigenvalue weighted by molar-refractivity contribution is 6.04. The Morgan fingerprint density at radius 1 is 1.25 bits per heavy atom. The number of aliphatic imine (C=N–C) groups is 1. The minimum absolute atomic E-state index is 0.0126. The predicted octanol–water partition coefficient (Wildman–Crippen LogP) is 2.14. The standard InChI is InChI=1S/C13H19NO2/c1-4-11-10-8-13(16-3)12(15-2)7-9(10)5-6-14-11/h7-8,12-13H,4-6H2,1-3H3. The SMILES string of the molecule is CCC1=NCCC2=CC(OC)C(OC)C=C21. The van der Waals surface area contributed by atoms with Gasteiger partial charge in [0.2, 0.25) is 0 Å². The second-order valence-corrected chi connectivity index (χ2v) is 4.10. The highest BCUT2D eigenvalue weighted by Crippen LogP contribution is 2.29. The number of methoxy groups -OCH3 is 2. The van der Waals surface area contributed by atoms with Crippen LogP contribution in [0.5, 0.6) is 0 Å². The lowest BCUT2D eigenvalue weighted by molar-refractivity contribution is 0.0130. The molecule has 0 spiro atoms. The van der Waals surface area contributed by atoms with Gasteiger partial charge < -0.3 is 9.47 Å². The molecule has 16 heavy (non-hydrogen) atoms. The van der Waals surface area contributed by atoms with Crippen molar-refractivity contribution in [2.75, 3.05) is 20.8 Å². The van der Waals surface area contributed by atoms with Crippen molar-refractivity contribution in [3.63, 3.8) is 0 Å². The normalized spacial score (nSPS) is 29.1. The average molecular weight is 221 g/mol. The second-order valence-electron chi connectivity index (χ2n) is 4.10. The lowest BCUT2D eigenvalue weighted by Gasteiger charge is -2.29. The number of nitrogens with zero attached hydrogens (tertiary/aromatic N) is 1. The molecule has 2 unspecified atom stereocenters. The first-order valence-electron chi connectivity index (χ1n) is 5.82. The smallest absolute Gasteiger partial charge is 0.106 e. The van der Waals surface area contributed by atoms with Gasteiger partial charge >= 0.3 is 0 Å². The van der Waals surface area contributed by atoms with Crippen molar-refractivity contribution in [2.24, 2.45) is 4.99 Å². The van der Waals surface area contributed by atoms with Crippen LogP contribution in [0.4, 0.5) is 0 Å². The number of allylic oxidation sites excluding steroid dienone is 1. The third-order valence-corrected chi connectivity index (χ3v) is 3.24. The Morgan fingerprint density at radius 3 is 2.56 bits per heavy atom. The van der Waals surface area contributed by atoms with Crippen LogP contribution in [0.2, 0.25) is 0 Å². The maximum Gasteiger partial charge on any atom is 0.106 e. The van der Waals surface area contributed by atoms with E-state index in [0.29, 0.717) is 0 Å². The molecule has 0 fully saturated rings. The molecule has 0 N–H and O–H groups in total. The molecule has 0 radical (unpaired) electrons. The van der Waals surface area contributed by atoms with Crippen molar-refractivity contribution >= 4 is 5.71 Å². The molecule has 0 saturated carbocycles. The molecule has 2 atom stereocenters. The molecule has 3 heteroatoms. The van der Waals surface area contributed by atoms with Gasteiger partial charge in [-0.05, 0) is 36.1 Å². The Labute approximate surface area is 96.9 Å². The van der Waals surface area contributed by atoms with Crippen LogP contribution in [0, 0.1) is 0 Å². The van der Waals surface area contributed by atoms with Crippen molar-refractivity contribution in [3.8, 4) is 0 Å². The zero-order chi connectivity index (χ0) is 11.5. The minimum atomic E-state index is 0.0126. The van der Waals surface area contributed by atoms with Gasteiger partial charge in [0.25, 0.3) is 0 Å². The molecular formula is C13H19NO2. The quantitative estimate of drug-likeness (QED) is 0.731. The number of ether oxygens (including phenoxy) is 2. The molecule has 2 aliphatic rings. The fraction of sp³-hybridized carbons (Fsp3) is 0.615. The fourth-order valence-electron chi connectivity index (χ4n) is 2.35. The summed E-state index contributed by atoms with van der Waals surface area (Å²) in [5, 5.41) is 0. The van der Waals surface area contributed by atoms with Gasteiger partial charge in [0.15, 0.2) is 0 Å². The molecule has 1 aliphatic heterocycles. The molecule has 0 amide bonds. The van der Waals surface area contributed by atoms with Crippen LogP contribution in [-0.4, -0.2) is 38.7 Å². The molecule has 88 valence electrons. The Hall–Kier alpha value is -0.930. The van der Waals surface area contributed by atoms with E-state index >= 15 is 0 Å². The summed E-state index contributed by atoms with van der Waals surface area (Å²) in [5.41, 5.74) is 3.84. The van der Waals surface area contributed by atoms with Crippen molar-refractivity contribution < 1.29 is 9.47 Å². The summed E-state index contributed by atoms with van der Waals surface area (Å²) in [6.07, 6.45) is 6.40. The monoisotopic (exact) mass is 221 g/mol. The van der Waals surface area contributed by atoms with E-state index in [9.17, 15) is 0 Å². The Balaban J connectivity index is 2.32. The first kappa shape index (κ1) is 11.6. The van der Waals surface area contributed by atoms with Crippen molar-refractivity contribution in [1.82, 2.24) is 0 Å². The summed E-state index contributed by atoms with van der Waals surface area (Å²) in [7, 11) is 3.45. The molecule has 0 saturated heterocycles. The van der Waals surface area contributed by atoms with Crippen LogP contribution in [0.15, 0.2) is 28.3 Å². The molecule has 0 bridgehead atoms. The highest BCUT2D eigenvalue weighted by Gasteiger charge is 2.27. The van der Waals surface area contributed by atoms with Crippen LogP contribution in [-0.2, 0) is 9.47 Å². The molecule has 1 heterocycles. The third kappa shape index (κ3) is 1.97. The van der Waals surface area contributed by atoms with Crippen LogP contribution in [0.3, 0.4) is 0 Å². The second kappa shape index (κ2) is 4.93. The molecule has 3 nitrogen and oxygen atoms in total. The Bertz CT molecular complexity index is 355. The summed E-state index contributed by atoms with van der Waals surface area (Å²) in [5.74, 6) is 0. The first-order chi connectivity index (χ1) is 7.80. The number of rotatable bonds is 3. The predicted molar refractivity (Wildman–Crippen MR) is 65.0 cm³/mol. The van der Waals surface area contributed by atoms with Crippen molar-refractivity contribution in [3.05, 3.63) is 23.3 Å². The highest BCUT2D eigenvalue weighted by atomic mass is 16.5. The van der Waals surface area contributed by atoms with Crippen LogP contribution >= 0.6 is 0 Å². The zero-order valence-electron chi connectivity index (χ0n) is 10.2. The van der Waals surface area contributed by atoms with E-state index in [1.54, 1.807) is 14.2 Å². The van der Waals surface area contributed by atoms with E-state index in [1.807, 2.05) is 0 Å². The zero-order valence-corrected chi connectivity index (χ0v) is 10.2. The van der Waals surface area contributed by atoms with Gasteiger partial charge in [0, 0.05) is 26.5 Å². The summed E-state index contributed by atoms with van der Waals surface area (Å²) in [4.78, 5) is 4.56. The topological polar surface area (TPSA) is 30.8 Å². The van der Waals surface area contributed by atoms with Crippen LogP contribution in [0.25, 0.3) is 0 Å². The van der Waals surface area contributed by atoms with Gasteiger partial charge in [0.05, 0.1) is 0 Å². The molecule has 0 aromatic heterocycles. The first-order valence-corrected chi connectivity index (χ1v) is 5.82. The molecule has 2 rings (SSSR count). The van der Waals surface area contributed by atoms with Crippen LogP contribution in [0.1, 0.15) is 19.8 Å². The van der Waals surface area contributed by atoms with Crippen molar-refractivity contribution in [2.45, 2.75) is 32.0 Å². The van der Waals surface area contributed by atoms with E-state index in [-0.39, 0.29) is 12.2 Å². The van der Waals surface area contributed by atoms with Gasteiger partial charge in [-0.1, -0.05) is 6.92 Å². The van der Waals surface area contributed by atoms with E-state index in [0.717, 1.165) is 19.4 Å². The Kier molecular flexibility index (Phi) is 3.56. The van der Waals surface area contributed by atoms with E-state index in [2.05, 4.69) is 24.1 Å². The summed E-state index contributed by atoms with van der Waals surface area (Å²) >= 11 is 0. The number of hydrogen-bond acceptors (Lipinski definition) is 3. The lowest BCUT2D eigenvalue weighted by atomic mass is 9.86. The lowest BCUT2D eigenvalue weighted by Crippen LogP contribution is -2.32. The average Bonchev–Trinajstić information content (AvgIpc) is 2.36. The molecule has 1 aliphatic carbocycles. The van der Waals surface area contributed by atoms with E-state index in [4.69, 9.17) is 9.47 Å². The van der Waals surface area contributed by atoms with Gasteiger partial charge in [-0.25, -0.2) is 0 Å². The minimum Gasteiger partial charge on any atom is -0.374 e. The largest absolute Gasteiger partial charge is 0.374 e. The summed E-state index contributed by atoms with van der Waals surface area (Å²) in [6, 6.07) is 0. The summed E-state index contributed by atoms with van der Waals surface area (Å²) in [6.45, 7) is 3.05. The van der Waals surface area contributed by atoms with E-state index < -0.39 is 0 Å². The van der Waals surface area contributed by atoms with Crippen molar-refractivity contribution in [1.29, 1.82) is 0 Å².